The monoisotopic (exact) mass is 406 g/mol. The van der Waals surface area contributed by atoms with Crippen LogP contribution in [0.3, 0.4) is 0 Å². The summed E-state index contributed by atoms with van der Waals surface area (Å²) in [5.74, 6) is 0.694. The van der Waals surface area contributed by atoms with Gasteiger partial charge in [-0.3, -0.25) is 9.59 Å². The van der Waals surface area contributed by atoms with Gasteiger partial charge in [-0.05, 0) is 67.3 Å². The molecule has 0 radical (unpaired) electrons. The molecular weight excluding hydrogens is 380 g/mol. The summed E-state index contributed by atoms with van der Waals surface area (Å²) in [6.45, 7) is 2.10. The summed E-state index contributed by atoms with van der Waals surface area (Å²) < 4.78 is 15.8. The predicted octanol–water partition coefficient (Wildman–Crippen LogP) is 4.71. The summed E-state index contributed by atoms with van der Waals surface area (Å²) in [6.07, 6.45) is 4.36. The maximum atomic E-state index is 13.2. The fraction of sp³-hybridized carbons (Fsp3) is 0.280. The Morgan fingerprint density at radius 2 is 1.43 bits per heavy atom. The van der Waals surface area contributed by atoms with Crippen molar-refractivity contribution in [2.24, 2.45) is 5.92 Å². The molecule has 0 aliphatic heterocycles. The molecule has 2 aromatic carbocycles. The molecule has 30 heavy (non-hydrogen) atoms. The molecule has 0 atom stereocenters. The number of hydrogen-bond donors (Lipinski definition) is 0. The summed E-state index contributed by atoms with van der Waals surface area (Å²) in [6, 6.07) is 15.0. The Morgan fingerprint density at radius 1 is 0.933 bits per heavy atom. The molecule has 3 rings (SSSR count). The van der Waals surface area contributed by atoms with Gasteiger partial charge in [-0.1, -0.05) is 24.3 Å². The standard InChI is InChI=1S/C25H26O5/c1-4-30-25(27)21-15-19(11-17-7-5-9-22(13-17)28-2)24(26)20(16-21)12-18-8-6-10-23(14-18)29-3/h5-14,21H,4,15-16H2,1-3H3/b19-11+,20-12+. The van der Waals surface area contributed by atoms with Crippen molar-refractivity contribution in [1.29, 1.82) is 0 Å². The zero-order valence-corrected chi connectivity index (χ0v) is 17.5. The molecule has 1 aliphatic carbocycles. The molecule has 5 heteroatoms. The molecule has 0 unspecified atom stereocenters. The number of ketones is 1. The lowest BCUT2D eigenvalue weighted by atomic mass is 9.79. The van der Waals surface area contributed by atoms with Crippen LogP contribution in [0.4, 0.5) is 0 Å². The van der Waals surface area contributed by atoms with Crippen LogP contribution in [-0.2, 0) is 14.3 Å². The van der Waals surface area contributed by atoms with Crippen LogP contribution in [0.2, 0.25) is 0 Å². The maximum absolute atomic E-state index is 13.2. The van der Waals surface area contributed by atoms with Crippen molar-refractivity contribution in [1.82, 2.24) is 0 Å². The Balaban J connectivity index is 1.99. The van der Waals surface area contributed by atoms with Gasteiger partial charge in [0.1, 0.15) is 11.5 Å². The first-order valence-electron chi connectivity index (χ1n) is 9.94. The van der Waals surface area contributed by atoms with Gasteiger partial charge in [0.25, 0.3) is 0 Å². The molecule has 0 heterocycles. The summed E-state index contributed by atoms with van der Waals surface area (Å²) in [5, 5.41) is 0. The highest BCUT2D eigenvalue weighted by Gasteiger charge is 2.33. The van der Waals surface area contributed by atoms with Gasteiger partial charge >= 0.3 is 5.97 Å². The number of carbonyl (C=O) groups excluding carboxylic acids is 2. The van der Waals surface area contributed by atoms with Crippen molar-refractivity contribution >= 4 is 23.9 Å². The maximum Gasteiger partial charge on any atom is 0.309 e. The van der Waals surface area contributed by atoms with Crippen LogP contribution >= 0.6 is 0 Å². The molecule has 1 aliphatic rings. The highest BCUT2D eigenvalue weighted by atomic mass is 16.5. The van der Waals surface area contributed by atoms with Gasteiger partial charge in [0.05, 0.1) is 26.7 Å². The highest BCUT2D eigenvalue weighted by Crippen LogP contribution is 2.34. The Kier molecular flexibility index (Phi) is 7.07. The van der Waals surface area contributed by atoms with E-state index in [1.54, 1.807) is 21.1 Å². The zero-order chi connectivity index (χ0) is 21.5. The van der Waals surface area contributed by atoms with Gasteiger partial charge in [0.2, 0.25) is 0 Å². The van der Waals surface area contributed by atoms with E-state index in [2.05, 4.69) is 0 Å². The van der Waals surface area contributed by atoms with Gasteiger partial charge in [0.15, 0.2) is 5.78 Å². The van der Waals surface area contributed by atoms with E-state index in [1.165, 1.54) is 0 Å². The van der Waals surface area contributed by atoms with E-state index in [9.17, 15) is 9.59 Å². The summed E-state index contributed by atoms with van der Waals surface area (Å²) >= 11 is 0. The van der Waals surface area contributed by atoms with E-state index in [0.29, 0.717) is 42.1 Å². The van der Waals surface area contributed by atoms with Crippen LogP contribution in [0.1, 0.15) is 30.9 Å². The number of esters is 1. The minimum absolute atomic E-state index is 0.0545. The summed E-state index contributed by atoms with van der Waals surface area (Å²) in [5.41, 5.74) is 2.87. The smallest absolute Gasteiger partial charge is 0.309 e. The molecule has 5 nitrogen and oxygen atoms in total. The van der Waals surface area contributed by atoms with Crippen LogP contribution in [0.5, 0.6) is 11.5 Å². The fourth-order valence-corrected chi connectivity index (χ4v) is 3.54. The minimum Gasteiger partial charge on any atom is -0.497 e. The molecule has 156 valence electrons. The van der Waals surface area contributed by atoms with Gasteiger partial charge in [0, 0.05) is 11.1 Å². The third-order valence-electron chi connectivity index (χ3n) is 5.01. The van der Waals surface area contributed by atoms with E-state index in [1.807, 2.05) is 60.7 Å². The molecule has 0 amide bonds. The first-order chi connectivity index (χ1) is 14.5. The number of ether oxygens (including phenoxy) is 3. The molecule has 0 bridgehead atoms. The predicted molar refractivity (Wildman–Crippen MR) is 116 cm³/mol. The Morgan fingerprint density at radius 3 is 1.87 bits per heavy atom. The molecule has 0 aromatic heterocycles. The number of benzene rings is 2. The molecule has 0 N–H and O–H groups in total. The van der Waals surface area contributed by atoms with Crippen molar-refractivity contribution in [2.75, 3.05) is 20.8 Å². The van der Waals surface area contributed by atoms with Crippen molar-refractivity contribution in [3.8, 4) is 11.5 Å². The van der Waals surface area contributed by atoms with E-state index < -0.39 is 5.92 Å². The number of rotatable bonds is 6. The number of methoxy groups -OCH3 is 2. The number of hydrogen-bond acceptors (Lipinski definition) is 5. The Bertz CT molecular complexity index is 917. The van der Waals surface area contributed by atoms with Gasteiger partial charge in [-0.2, -0.15) is 0 Å². The second-order valence-corrected chi connectivity index (χ2v) is 7.08. The molecular formula is C25H26O5. The van der Waals surface area contributed by atoms with Crippen molar-refractivity contribution < 1.29 is 23.8 Å². The second-order valence-electron chi connectivity index (χ2n) is 7.08. The first-order valence-corrected chi connectivity index (χ1v) is 9.94. The van der Waals surface area contributed by atoms with Crippen molar-refractivity contribution in [3.05, 3.63) is 70.8 Å². The van der Waals surface area contributed by atoms with Crippen LogP contribution in [0.25, 0.3) is 12.2 Å². The Hall–Kier alpha value is -3.34. The lowest BCUT2D eigenvalue weighted by molar-refractivity contribution is -0.148. The Labute approximate surface area is 177 Å². The molecule has 0 spiro atoms. The second kappa shape index (κ2) is 9.92. The molecule has 2 aromatic rings. The quantitative estimate of drug-likeness (QED) is 0.513. The lowest BCUT2D eigenvalue weighted by Gasteiger charge is -2.24. The van der Waals surface area contributed by atoms with Crippen molar-refractivity contribution in [3.63, 3.8) is 0 Å². The zero-order valence-electron chi connectivity index (χ0n) is 17.5. The molecule has 1 fully saturated rings. The third kappa shape index (κ3) is 5.17. The SMILES string of the molecule is CCOC(=O)C1C/C(=C\c2cccc(OC)c2)C(=O)/C(=C/c2cccc(OC)c2)C1. The highest BCUT2D eigenvalue weighted by molar-refractivity contribution is 6.14. The van der Waals surface area contributed by atoms with Crippen LogP contribution in [-0.4, -0.2) is 32.6 Å². The van der Waals surface area contributed by atoms with E-state index in [0.717, 1.165) is 11.1 Å². The van der Waals surface area contributed by atoms with Gasteiger partial charge in [-0.15, -0.1) is 0 Å². The largest absolute Gasteiger partial charge is 0.497 e. The van der Waals surface area contributed by atoms with Gasteiger partial charge < -0.3 is 14.2 Å². The van der Waals surface area contributed by atoms with Crippen LogP contribution in [0.15, 0.2) is 59.7 Å². The van der Waals surface area contributed by atoms with Crippen molar-refractivity contribution in [2.45, 2.75) is 19.8 Å². The van der Waals surface area contributed by atoms with Crippen LogP contribution in [0, 0.1) is 5.92 Å². The summed E-state index contributed by atoms with van der Waals surface area (Å²) in [4.78, 5) is 25.7. The van der Waals surface area contributed by atoms with E-state index in [4.69, 9.17) is 14.2 Å². The molecule has 1 saturated carbocycles. The summed E-state index contributed by atoms with van der Waals surface area (Å²) in [7, 11) is 3.20. The lowest BCUT2D eigenvalue weighted by Crippen LogP contribution is -2.27. The minimum atomic E-state index is -0.392. The average Bonchev–Trinajstić information content (AvgIpc) is 2.76. The van der Waals surface area contributed by atoms with E-state index in [-0.39, 0.29) is 11.8 Å². The molecule has 0 saturated heterocycles. The van der Waals surface area contributed by atoms with Crippen LogP contribution < -0.4 is 9.47 Å². The fourth-order valence-electron chi connectivity index (χ4n) is 3.54. The average molecular weight is 406 g/mol. The van der Waals surface area contributed by atoms with Gasteiger partial charge in [-0.25, -0.2) is 0 Å². The number of allylic oxidation sites excluding steroid dienone is 2. The number of carbonyl (C=O) groups is 2. The topological polar surface area (TPSA) is 61.8 Å². The normalized spacial score (nSPS) is 19.0. The third-order valence-corrected chi connectivity index (χ3v) is 5.01. The van der Waals surface area contributed by atoms with E-state index >= 15 is 0 Å². The first kappa shape index (κ1) is 21.4. The number of Topliss-reactive ketones (excluding diaryl/α,β-unsaturated/α-hetero) is 1.